The van der Waals surface area contributed by atoms with Gasteiger partial charge < -0.3 is 46.0 Å². The number of hydrogen-bond acceptors (Lipinski definition) is 11. The van der Waals surface area contributed by atoms with Gasteiger partial charge in [0.25, 0.3) is 0 Å². The zero-order valence-electron chi connectivity index (χ0n) is 30.3. The van der Waals surface area contributed by atoms with E-state index in [4.69, 9.17) is 9.05 Å². The van der Waals surface area contributed by atoms with Gasteiger partial charge in [-0.25, -0.2) is 4.57 Å². The third-order valence-corrected chi connectivity index (χ3v) is 10.0. The van der Waals surface area contributed by atoms with Crippen LogP contribution < -0.4 is 5.32 Å². The van der Waals surface area contributed by atoms with Crippen molar-refractivity contribution in [2.24, 2.45) is 0 Å². The van der Waals surface area contributed by atoms with E-state index >= 15 is 0 Å². The van der Waals surface area contributed by atoms with Crippen LogP contribution in [0.4, 0.5) is 0 Å². The van der Waals surface area contributed by atoms with E-state index in [-0.39, 0.29) is 12.8 Å². The average molecular weight is 738 g/mol. The number of carbonyl (C=O) groups is 1. The molecule has 9 N–H and O–H groups in total. The van der Waals surface area contributed by atoms with E-state index in [1.807, 2.05) is 12.2 Å². The van der Waals surface area contributed by atoms with E-state index < -0.39 is 75.2 Å². The highest BCUT2D eigenvalue weighted by Crippen LogP contribution is 2.47. The highest BCUT2D eigenvalue weighted by molar-refractivity contribution is 7.47. The van der Waals surface area contributed by atoms with Crippen molar-refractivity contribution in [1.82, 2.24) is 5.32 Å². The molecule has 1 rings (SSSR count). The first-order chi connectivity index (χ1) is 23.8. The Balaban J connectivity index is 2.71. The number of aliphatic hydroxyl groups is 7. The van der Waals surface area contributed by atoms with Gasteiger partial charge in [0.05, 0.1) is 31.3 Å². The van der Waals surface area contributed by atoms with Gasteiger partial charge in [-0.15, -0.1) is 0 Å². The predicted molar refractivity (Wildman–Crippen MR) is 192 cm³/mol. The SMILES string of the molecule is CCCCCC/C=C\CC(O)CC(=O)NC(COP(=O)(O)OC1C(O)C(O)C(O)C(O)C1O)C(O)/C=C/CCCCCCCCCCCCC. The van der Waals surface area contributed by atoms with Crippen LogP contribution >= 0.6 is 7.82 Å². The Bertz CT molecular complexity index is 969. The van der Waals surface area contributed by atoms with Crippen molar-refractivity contribution in [3.63, 3.8) is 0 Å². The normalized spacial score (nSPS) is 25.9. The molecule has 294 valence electrons. The number of aliphatic hydroxyl groups excluding tert-OH is 7. The zero-order valence-corrected chi connectivity index (χ0v) is 31.2. The number of amides is 1. The standard InChI is InChI=1S/C36H68NO12P/c1-3-5-7-9-11-12-13-14-15-16-18-20-22-24-29(39)28(37-30(40)25-27(38)23-21-19-17-10-8-6-4-2)26-48-50(46,47)49-36-34(44)32(42)31(41)33(43)35(36)45/h19,21-22,24,27-29,31-36,38-39,41-45H,3-18,20,23,25-26H2,1-2H3,(H,37,40)(H,46,47)/b21-19-,24-22+. The molecule has 0 saturated heterocycles. The first-order valence-electron chi connectivity index (χ1n) is 18.9. The molecular formula is C36H68NO12P. The molecule has 14 heteroatoms. The van der Waals surface area contributed by atoms with Crippen molar-refractivity contribution >= 4 is 13.7 Å². The summed E-state index contributed by atoms with van der Waals surface area (Å²) in [5.41, 5.74) is 0. The summed E-state index contributed by atoms with van der Waals surface area (Å²) in [6.45, 7) is 3.60. The molecule has 0 aromatic heterocycles. The van der Waals surface area contributed by atoms with Gasteiger partial charge in [-0.3, -0.25) is 13.8 Å². The number of phosphoric acid groups is 1. The molecule has 0 radical (unpaired) electrons. The summed E-state index contributed by atoms with van der Waals surface area (Å²) < 4.78 is 22.6. The molecule has 0 aromatic carbocycles. The molecule has 0 heterocycles. The summed E-state index contributed by atoms with van der Waals surface area (Å²) in [5.74, 6) is -0.632. The number of phosphoric ester groups is 1. The monoisotopic (exact) mass is 737 g/mol. The highest BCUT2D eigenvalue weighted by atomic mass is 31.2. The molecule has 13 nitrogen and oxygen atoms in total. The molecule has 0 bridgehead atoms. The van der Waals surface area contributed by atoms with Crippen LogP contribution in [0, 0.1) is 0 Å². The molecular weight excluding hydrogens is 669 g/mol. The van der Waals surface area contributed by atoms with Gasteiger partial charge in [0.1, 0.15) is 36.6 Å². The summed E-state index contributed by atoms with van der Waals surface area (Å²) in [5, 5.41) is 73.7. The van der Waals surface area contributed by atoms with Gasteiger partial charge in [-0.1, -0.05) is 122 Å². The largest absolute Gasteiger partial charge is 0.472 e. The van der Waals surface area contributed by atoms with Crippen LogP contribution in [0.5, 0.6) is 0 Å². The van der Waals surface area contributed by atoms with E-state index in [2.05, 4.69) is 19.2 Å². The minimum absolute atomic E-state index is 0.252. The van der Waals surface area contributed by atoms with Crippen molar-refractivity contribution in [3.8, 4) is 0 Å². The lowest BCUT2D eigenvalue weighted by molar-refractivity contribution is -0.220. The zero-order chi connectivity index (χ0) is 37.4. The maximum Gasteiger partial charge on any atom is 0.472 e. The molecule has 1 amide bonds. The Morgan fingerprint density at radius 3 is 1.70 bits per heavy atom. The number of unbranched alkanes of at least 4 members (excludes halogenated alkanes) is 15. The molecule has 0 aromatic rings. The third kappa shape index (κ3) is 20.1. The minimum atomic E-state index is -5.13. The van der Waals surface area contributed by atoms with Crippen molar-refractivity contribution in [2.45, 2.75) is 191 Å². The Morgan fingerprint density at radius 1 is 0.700 bits per heavy atom. The second kappa shape index (κ2) is 27.4. The summed E-state index contributed by atoms with van der Waals surface area (Å²) in [6, 6.07) is -1.25. The van der Waals surface area contributed by atoms with E-state index in [1.165, 1.54) is 63.9 Å². The van der Waals surface area contributed by atoms with Crippen LogP contribution in [0.15, 0.2) is 24.3 Å². The van der Waals surface area contributed by atoms with Gasteiger partial charge in [0, 0.05) is 0 Å². The maximum absolute atomic E-state index is 12.8. The molecule has 0 spiro atoms. The predicted octanol–water partition coefficient (Wildman–Crippen LogP) is 4.08. The fourth-order valence-corrected chi connectivity index (χ4v) is 6.79. The lowest BCUT2D eigenvalue weighted by atomic mass is 9.85. The Kier molecular flexibility index (Phi) is 25.6. The second-order valence-corrected chi connectivity index (χ2v) is 15.0. The first-order valence-corrected chi connectivity index (χ1v) is 20.4. The third-order valence-electron chi connectivity index (χ3n) is 9.03. The topological polar surface area (TPSA) is 226 Å². The van der Waals surface area contributed by atoms with E-state index in [1.54, 1.807) is 6.08 Å². The summed E-state index contributed by atoms with van der Waals surface area (Å²) in [4.78, 5) is 23.1. The lowest BCUT2D eigenvalue weighted by Gasteiger charge is -2.41. The van der Waals surface area contributed by atoms with Crippen LogP contribution in [-0.2, 0) is 18.4 Å². The summed E-state index contributed by atoms with van der Waals surface area (Å²) in [6.07, 6.45) is 11.9. The van der Waals surface area contributed by atoms with E-state index in [0.717, 1.165) is 44.9 Å². The molecule has 1 aliphatic rings. The number of allylic oxidation sites excluding steroid dienone is 2. The van der Waals surface area contributed by atoms with Crippen LogP contribution in [0.25, 0.3) is 0 Å². The van der Waals surface area contributed by atoms with Crippen LogP contribution in [0.1, 0.15) is 136 Å². The van der Waals surface area contributed by atoms with Crippen LogP contribution in [-0.4, -0.2) is 108 Å². The number of nitrogens with one attached hydrogen (secondary N) is 1. The Labute approximate surface area is 299 Å². The lowest BCUT2D eigenvalue weighted by Crippen LogP contribution is -2.64. The fraction of sp³-hybridized carbons (Fsp3) is 0.861. The van der Waals surface area contributed by atoms with E-state index in [9.17, 15) is 50.0 Å². The number of hydrogen-bond donors (Lipinski definition) is 9. The number of rotatable bonds is 29. The van der Waals surface area contributed by atoms with Gasteiger partial charge in [-0.2, -0.15) is 0 Å². The average Bonchev–Trinajstić information content (AvgIpc) is 3.08. The molecule has 1 aliphatic carbocycles. The summed E-state index contributed by atoms with van der Waals surface area (Å²) in [7, 11) is -5.13. The minimum Gasteiger partial charge on any atom is -0.392 e. The van der Waals surface area contributed by atoms with Gasteiger partial charge in [0.15, 0.2) is 0 Å². The van der Waals surface area contributed by atoms with Gasteiger partial charge in [-0.05, 0) is 32.1 Å². The fourth-order valence-electron chi connectivity index (χ4n) is 5.83. The van der Waals surface area contributed by atoms with Gasteiger partial charge >= 0.3 is 7.82 Å². The quantitative estimate of drug-likeness (QED) is 0.0301. The first kappa shape index (κ1) is 46.8. The molecule has 8 atom stereocenters. The van der Waals surface area contributed by atoms with Crippen LogP contribution in [0.2, 0.25) is 0 Å². The molecule has 0 aliphatic heterocycles. The second-order valence-electron chi connectivity index (χ2n) is 13.6. The molecule has 50 heavy (non-hydrogen) atoms. The Hall–Kier alpha value is -1.22. The van der Waals surface area contributed by atoms with Crippen LogP contribution in [0.3, 0.4) is 0 Å². The Morgan fingerprint density at radius 2 is 1.16 bits per heavy atom. The van der Waals surface area contributed by atoms with E-state index in [0.29, 0.717) is 6.42 Å². The smallest absolute Gasteiger partial charge is 0.392 e. The van der Waals surface area contributed by atoms with Gasteiger partial charge in [0.2, 0.25) is 5.91 Å². The molecule has 8 unspecified atom stereocenters. The van der Waals surface area contributed by atoms with Crippen molar-refractivity contribution < 1.29 is 59.0 Å². The summed E-state index contributed by atoms with van der Waals surface area (Å²) >= 11 is 0. The number of carbonyl (C=O) groups excluding carboxylic acids is 1. The van der Waals surface area contributed by atoms with Crippen molar-refractivity contribution in [3.05, 3.63) is 24.3 Å². The maximum atomic E-state index is 12.8. The van der Waals surface area contributed by atoms with Crippen molar-refractivity contribution in [1.29, 1.82) is 0 Å². The molecule has 1 fully saturated rings. The highest BCUT2D eigenvalue weighted by Gasteiger charge is 2.51. The molecule has 1 saturated carbocycles. The van der Waals surface area contributed by atoms with Crippen molar-refractivity contribution in [2.75, 3.05) is 6.61 Å².